The van der Waals surface area contributed by atoms with Gasteiger partial charge in [-0.25, -0.2) is 0 Å². The van der Waals surface area contributed by atoms with Gasteiger partial charge in [-0.3, -0.25) is 4.90 Å². The van der Waals surface area contributed by atoms with E-state index in [0.717, 1.165) is 44.1 Å². The molecule has 0 heterocycles. The number of nitrogens with zero attached hydrogens (tertiary/aromatic N) is 2. The summed E-state index contributed by atoms with van der Waals surface area (Å²) in [5.41, 5.74) is 15.8. The lowest BCUT2D eigenvalue weighted by atomic mass is 9.86. The van der Waals surface area contributed by atoms with Crippen LogP contribution in [0.15, 0.2) is 102 Å². The standard InChI is InChI=1S/C41H56N2/c1-13-15-19-33(8)43(12)40-24-23-35(41(40)28(3)14-2)25-31(6)36-20-17-21-37(34(36)9)38-22-16-18-29(4)39(38)26-30(5)32(7)27-42(10)11/h13,16-18,20-22,25,27,33,40H,1,3,5,14-15,19,23-24,26H2,2,4,6-12H3/b31-25+,32-27-. The average Bonchev–Trinajstić information content (AvgIpc) is 3.39. The van der Waals surface area contributed by atoms with Gasteiger partial charge in [-0.05, 0) is 141 Å². The number of aryl methyl sites for hydroxylation is 1. The molecule has 2 heteroatoms. The second-order valence-electron chi connectivity index (χ2n) is 12.8. The first-order chi connectivity index (χ1) is 20.4. The largest absolute Gasteiger partial charge is 0.383 e. The minimum Gasteiger partial charge on any atom is -0.383 e. The summed E-state index contributed by atoms with van der Waals surface area (Å²) >= 11 is 0. The normalized spacial score (nSPS) is 16.6. The van der Waals surface area contributed by atoms with E-state index in [-0.39, 0.29) is 0 Å². The molecule has 2 aromatic rings. The number of likely N-dealkylation sites (N-methyl/N-ethyl adjacent to an activating group) is 1. The van der Waals surface area contributed by atoms with Gasteiger partial charge in [-0.2, -0.15) is 0 Å². The molecular formula is C41H56N2. The van der Waals surface area contributed by atoms with E-state index in [1.807, 2.05) is 6.08 Å². The van der Waals surface area contributed by atoms with Crippen molar-refractivity contribution >= 4 is 5.57 Å². The zero-order valence-corrected chi connectivity index (χ0v) is 28.6. The Morgan fingerprint density at radius 2 is 1.70 bits per heavy atom. The van der Waals surface area contributed by atoms with Crippen molar-refractivity contribution in [3.63, 3.8) is 0 Å². The van der Waals surface area contributed by atoms with Gasteiger partial charge in [-0.15, -0.1) is 6.58 Å². The predicted octanol–water partition coefficient (Wildman–Crippen LogP) is 10.6. The van der Waals surface area contributed by atoms with Gasteiger partial charge in [0.1, 0.15) is 0 Å². The van der Waals surface area contributed by atoms with Crippen molar-refractivity contribution in [2.24, 2.45) is 0 Å². The van der Waals surface area contributed by atoms with Gasteiger partial charge >= 0.3 is 0 Å². The fraction of sp³-hybridized carbons (Fsp3) is 0.415. The molecule has 0 radical (unpaired) electrons. The Bertz CT molecular complexity index is 1430. The third-order valence-corrected chi connectivity index (χ3v) is 9.40. The molecule has 0 aliphatic heterocycles. The lowest BCUT2D eigenvalue weighted by molar-refractivity contribution is 0.199. The van der Waals surface area contributed by atoms with Crippen molar-refractivity contribution < 1.29 is 0 Å². The highest BCUT2D eigenvalue weighted by molar-refractivity contribution is 5.80. The van der Waals surface area contributed by atoms with Crippen LogP contribution in [0.5, 0.6) is 0 Å². The summed E-state index contributed by atoms with van der Waals surface area (Å²) in [4.78, 5) is 4.66. The van der Waals surface area contributed by atoms with Crippen LogP contribution in [0.4, 0.5) is 0 Å². The summed E-state index contributed by atoms with van der Waals surface area (Å²) in [5, 5.41) is 0. The molecule has 0 aromatic heterocycles. The smallest absolute Gasteiger partial charge is 0.0356 e. The van der Waals surface area contributed by atoms with E-state index in [0.29, 0.717) is 12.1 Å². The van der Waals surface area contributed by atoms with Gasteiger partial charge in [0.05, 0.1) is 0 Å². The Kier molecular flexibility index (Phi) is 12.2. The summed E-state index contributed by atoms with van der Waals surface area (Å²) in [7, 11) is 6.42. The van der Waals surface area contributed by atoms with Crippen LogP contribution in [0, 0.1) is 13.8 Å². The quantitative estimate of drug-likeness (QED) is 0.163. The lowest BCUT2D eigenvalue weighted by Crippen LogP contribution is -2.38. The maximum Gasteiger partial charge on any atom is 0.0356 e. The zero-order chi connectivity index (χ0) is 31.8. The highest BCUT2D eigenvalue weighted by Gasteiger charge is 2.31. The van der Waals surface area contributed by atoms with Crippen LogP contribution in [-0.2, 0) is 6.42 Å². The van der Waals surface area contributed by atoms with Crippen LogP contribution in [0.2, 0.25) is 0 Å². The van der Waals surface area contributed by atoms with Crippen molar-refractivity contribution in [3.8, 4) is 11.1 Å². The molecule has 0 saturated heterocycles. The molecule has 3 rings (SSSR count). The van der Waals surface area contributed by atoms with Crippen LogP contribution in [-0.4, -0.2) is 43.0 Å². The van der Waals surface area contributed by atoms with E-state index in [9.17, 15) is 0 Å². The third kappa shape index (κ3) is 8.18. The molecule has 2 aromatic carbocycles. The van der Waals surface area contributed by atoms with Crippen molar-refractivity contribution in [1.82, 2.24) is 9.80 Å². The van der Waals surface area contributed by atoms with E-state index in [2.05, 4.69) is 141 Å². The predicted molar refractivity (Wildman–Crippen MR) is 191 cm³/mol. The zero-order valence-electron chi connectivity index (χ0n) is 28.6. The fourth-order valence-corrected chi connectivity index (χ4v) is 6.58. The van der Waals surface area contributed by atoms with E-state index in [1.54, 1.807) is 0 Å². The van der Waals surface area contributed by atoms with Crippen molar-refractivity contribution in [1.29, 1.82) is 0 Å². The Hall–Kier alpha value is -3.36. The molecule has 43 heavy (non-hydrogen) atoms. The van der Waals surface area contributed by atoms with Crippen LogP contribution in [0.25, 0.3) is 16.7 Å². The molecule has 2 atom stereocenters. The summed E-state index contributed by atoms with van der Waals surface area (Å²) < 4.78 is 0. The number of allylic oxidation sites excluding steroid dienone is 6. The van der Waals surface area contributed by atoms with Gasteiger partial charge in [0, 0.05) is 32.4 Å². The third-order valence-electron chi connectivity index (χ3n) is 9.40. The van der Waals surface area contributed by atoms with E-state index in [4.69, 9.17) is 0 Å². The van der Waals surface area contributed by atoms with E-state index >= 15 is 0 Å². The van der Waals surface area contributed by atoms with Crippen LogP contribution in [0.3, 0.4) is 0 Å². The Morgan fingerprint density at radius 1 is 1.02 bits per heavy atom. The molecule has 1 aliphatic carbocycles. The summed E-state index contributed by atoms with van der Waals surface area (Å²) in [6.07, 6.45) is 12.9. The minimum absolute atomic E-state index is 0.423. The van der Waals surface area contributed by atoms with Gasteiger partial charge in [0.15, 0.2) is 0 Å². The molecule has 0 spiro atoms. The Morgan fingerprint density at radius 3 is 2.35 bits per heavy atom. The topological polar surface area (TPSA) is 6.48 Å². The second-order valence-corrected chi connectivity index (χ2v) is 12.8. The lowest BCUT2D eigenvalue weighted by Gasteiger charge is -2.33. The molecule has 0 bridgehead atoms. The molecule has 2 nitrogen and oxygen atoms in total. The molecule has 0 N–H and O–H groups in total. The monoisotopic (exact) mass is 576 g/mol. The molecule has 2 unspecified atom stereocenters. The maximum atomic E-state index is 4.54. The van der Waals surface area contributed by atoms with Gasteiger partial charge in [0.25, 0.3) is 0 Å². The molecule has 0 saturated carbocycles. The van der Waals surface area contributed by atoms with Gasteiger partial charge < -0.3 is 4.90 Å². The number of rotatable bonds is 14. The SMILES string of the molecule is C=CCCC(C)N(C)C1CCC(/C=C(\C)c2cccc(-c3cccc(C)c3CC(=C)/C(C)=C\N(C)C)c2C)=C1C(=C)CC. The van der Waals surface area contributed by atoms with Crippen molar-refractivity contribution in [3.05, 3.63) is 125 Å². The first-order valence-corrected chi connectivity index (χ1v) is 16.0. The fourth-order valence-electron chi connectivity index (χ4n) is 6.58. The molecule has 0 amide bonds. The summed E-state index contributed by atoms with van der Waals surface area (Å²) in [6.45, 7) is 26.4. The summed E-state index contributed by atoms with van der Waals surface area (Å²) in [6, 6.07) is 14.4. The Balaban J connectivity index is 2.04. The average molecular weight is 577 g/mol. The molecule has 0 fully saturated rings. The Labute approximate surface area is 263 Å². The molecular weight excluding hydrogens is 520 g/mol. The first-order valence-electron chi connectivity index (χ1n) is 16.0. The van der Waals surface area contributed by atoms with Gasteiger partial charge in [0.2, 0.25) is 0 Å². The van der Waals surface area contributed by atoms with Crippen molar-refractivity contribution in [2.45, 2.75) is 92.2 Å². The number of hydrogen-bond donors (Lipinski definition) is 0. The minimum atomic E-state index is 0.423. The highest BCUT2D eigenvalue weighted by Crippen LogP contribution is 2.39. The first kappa shape index (κ1) is 34.1. The maximum absolute atomic E-state index is 4.54. The van der Waals surface area contributed by atoms with Crippen LogP contribution >= 0.6 is 0 Å². The van der Waals surface area contributed by atoms with E-state index < -0.39 is 0 Å². The molecule has 230 valence electrons. The van der Waals surface area contributed by atoms with Gasteiger partial charge in [-0.1, -0.05) is 74.2 Å². The second kappa shape index (κ2) is 15.4. The summed E-state index contributed by atoms with van der Waals surface area (Å²) in [5.74, 6) is 0. The highest BCUT2D eigenvalue weighted by atomic mass is 15.2. The van der Waals surface area contributed by atoms with Crippen LogP contribution in [0.1, 0.15) is 82.1 Å². The number of benzene rings is 2. The molecule has 1 aliphatic rings. The van der Waals surface area contributed by atoms with Crippen molar-refractivity contribution in [2.75, 3.05) is 21.1 Å². The van der Waals surface area contributed by atoms with Crippen LogP contribution < -0.4 is 0 Å². The number of hydrogen-bond acceptors (Lipinski definition) is 2. The van der Waals surface area contributed by atoms with E-state index in [1.165, 1.54) is 61.2 Å².